The molecule has 112 valence electrons. The monoisotopic (exact) mass is 278 g/mol. The summed E-state index contributed by atoms with van der Waals surface area (Å²) in [6, 6.07) is 0. The van der Waals surface area contributed by atoms with Crippen LogP contribution in [-0.2, 0) is 9.59 Å². The summed E-state index contributed by atoms with van der Waals surface area (Å²) in [4.78, 5) is 27.3. The van der Waals surface area contributed by atoms with Crippen molar-refractivity contribution in [3.05, 3.63) is 11.6 Å². The van der Waals surface area contributed by atoms with Crippen LogP contribution in [0.15, 0.2) is 11.6 Å². The summed E-state index contributed by atoms with van der Waals surface area (Å²) in [6.07, 6.45) is 6.27. The first kappa shape index (κ1) is 15.1. The van der Waals surface area contributed by atoms with Gasteiger partial charge in [-0.1, -0.05) is 31.4 Å². The molecule has 2 amide bonds. The Bertz CT molecular complexity index is 445. The van der Waals surface area contributed by atoms with Crippen molar-refractivity contribution >= 4 is 11.8 Å². The topological polar surface area (TPSA) is 49.4 Å². The first-order chi connectivity index (χ1) is 9.35. The molecule has 4 nitrogen and oxygen atoms in total. The number of hydrogen-bond acceptors (Lipinski definition) is 2. The van der Waals surface area contributed by atoms with Gasteiger partial charge in [-0.05, 0) is 40.0 Å². The Morgan fingerprint density at radius 2 is 1.90 bits per heavy atom. The summed E-state index contributed by atoms with van der Waals surface area (Å²) >= 11 is 0. The number of nitrogens with zero attached hydrogens (tertiary/aromatic N) is 1. The molecular formula is C16H26N2O2. The molecule has 1 atom stereocenters. The van der Waals surface area contributed by atoms with E-state index >= 15 is 0 Å². The molecule has 1 spiro atoms. The van der Waals surface area contributed by atoms with E-state index in [-0.39, 0.29) is 11.8 Å². The van der Waals surface area contributed by atoms with Crippen molar-refractivity contribution in [3.63, 3.8) is 0 Å². The van der Waals surface area contributed by atoms with Gasteiger partial charge in [0.05, 0.1) is 0 Å². The summed E-state index contributed by atoms with van der Waals surface area (Å²) in [5, 5.41) is 3.05. The Labute approximate surface area is 121 Å². The molecule has 0 aromatic rings. The minimum atomic E-state index is -0.725. The van der Waals surface area contributed by atoms with Gasteiger partial charge < -0.3 is 10.2 Å². The average molecular weight is 278 g/mol. The van der Waals surface area contributed by atoms with Gasteiger partial charge in [0.25, 0.3) is 0 Å². The second-order valence-electron chi connectivity index (χ2n) is 6.57. The summed E-state index contributed by atoms with van der Waals surface area (Å²) in [7, 11) is 0. The van der Waals surface area contributed by atoms with Gasteiger partial charge in [0.2, 0.25) is 11.8 Å². The third-order valence-electron chi connectivity index (χ3n) is 4.92. The van der Waals surface area contributed by atoms with Crippen molar-refractivity contribution in [3.8, 4) is 0 Å². The quantitative estimate of drug-likeness (QED) is 0.806. The van der Waals surface area contributed by atoms with Gasteiger partial charge in [0.15, 0.2) is 0 Å². The molecule has 20 heavy (non-hydrogen) atoms. The highest BCUT2D eigenvalue weighted by molar-refractivity contribution is 6.02. The molecule has 1 N–H and O–H groups in total. The van der Waals surface area contributed by atoms with Gasteiger partial charge >= 0.3 is 0 Å². The van der Waals surface area contributed by atoms with Gasteiger partial charge in [0, 0.05) is 6.54 Å². The number of nitrogens with one attached hydrogen (secondary N) is 1. The van der Waals surface area contributed by atoms with Crippen molar-refractivity contribution in [2.45, 2.75) is 70.9 Å². The Morgan fingerprint density at radius 1 is 1.30 bits per heavy atom. The van der Waals surface area contributed by atoms with E-state index < -0.39 is 11.1 Å². The highest BCUT2D eigenvalue weighted by Crippen LogP contribution is 2.38. The van der Waals surface area contributed by atoms with Crippen molar-refractivity contribution in [1.82, 2.24) is 10.2 Å². The maximum absolute atomic E-state index is 13.0. The van der Waals surface area contributed by atoms with Crippen molar-refractivity contribution in [1.29, 1.82) is 0 Å². The Morgan fingerprint density at radius 3 is 2.40 bits per heavy atom. The molecule has 0 aromatic carbocycles. The first-order valence-corrected chi connectivity index (χ1v) is 7.64. The standard InChI is InChI=1S/C16H26N2O2/c1-5-15(4)13(19)17-16(9-6-7-10-16)14(20)18(15)11-8-12(2)3/h8H,5-7,9-11H2,1-4H3,(H,17,19). The van der Waals surface area contributed by atoms with E-state index in [1.165, 1.54) is 5.57 Å². The van der Waals surface area contributed by atoms with Crippen LogP contribution >= 0.6 is 0 Å². The molecule has 0 bridgehead atoms. The normalized spacial score (nSPS) is 28.7. The molecular weight excluding hydrogens is 252 g/mol. The van der Waals surface area contributed by atoms with Gasteiger partial charge in [0.1, 0.15) is 11.1 Å². The summed E-state index contributed by atoms with van der Waals surface area (Å²) in [6.45, 7) is 8.41. The van der Waals surface area contributed by atoms with Gasteiger partial charge in [-0.2, -0.15) is 0 Å². The fourth-order valence-electron chi connectivity index (χ4n) is 3.24. The van der Waals surface area contributed by atoms with Crippen LogP contribution in [0.1, 0.15) is 59.8 Å². The number of carbonyl (C=O) groups excluding carboxylic acids is 2. The van der Waals surface area contributed by atoms with E-state index in [0.29, 0.717) is 13.0 Å². The lowest BCUT2D eigenvalue weighted by Crippen LogP contribution is -2.74. The maximum atomic E-state index is 13.0. The van der Waals surface area contributed by atoms with E-state index in [1.807, 2.05) is 33.8 Å². The molecule has 2 rings (SSSR count). The number of carbonyl (C=O) groups is 2. The summed E-state index contributed by atoms with van der Waals surface area (Å²) < 4.78 is 0. The lowest BCUT2D eigenvalue weighted by Gasteiger charge is -2.49. The SMILES string of the molecule is CCC1(C)C(=O)NC2(CCCC2)C(=O)N1CC=C(C)C. The van der Waals surface area contributed by atoms with Crippen molar-refractivity contribution < 1.29 is 9.59 Å². The smallest absolute Gasteiger partial charge is 0.249 e. The largest absolute Gasteiger partial charge is 0.340 e. The second kappa shape index (κ2) is 5.23. The molecule has 1 aliphatic carbocycles. The summed E-state index contributed by atoms with van der Waals surface area (Å²) in [5.41, 5.74) is -0.180. The molecule has 1 saturated heterocycles. The fraction of sp³-hybridized carbons (Fsp3) is 0.750. The van der Waals surface area contributed by atoms with Crippen LogP contribution in [0.5, 0.6) is 0 Å². The zero-order valence-electron chi connectivity index (χ0n) is 13.1. The minimum Gasteiger partial charge on any atom is -0.340 e. The average Bonchev–Trinajstić information content (AvgIpc) is 2.86. The predicted octanol–water partition coefficient (Wildman–Crippen LogP) is 2.39. The second-order valence-corrected chi connectivity index (χ2v) is 6.57. The first-order valence-electron chi connectivity index (χ1n) is 7.64. The van der Waals surface area contributed by atoms with Crippen LogP contribution in [0.3, 0.4) is 0 Å². The molecule has 1 aliphatic heterocycles. The van der Waals surface area contributed by atoms with Crippen LogP contribution < -0.4 is 5.32 Å². The lowest BCUT2D eigenvalue weighted by molar-refractivity contribution is -0.161. The lowest BCUT2D eigenvalue weighted by atomic mass is 9.83. The van der Waals surface area contributed by atoms with E-state index in [2.05, 4.69) is 5.32 Å². The van der Waals surface area contributed by atoms with E-state index in [1.54, 1.807) is 4.90 Å². The Kier molecular flexibility index (Phi) is 3.94. The van der Waals surface area contributed by atoms with Crippen LogP contribution in [0, 0.1) is 0 Å². The molecule has 1 heterocycles. The van der Waals surface area contributed by atoms with Gasteiger partial charge in [-0.25, -0.2) is 0 Å². The Hall–Kier alpha value is -1.32. The van der Waals surface area contributed by atoms with E-state index in [4.69, 9.17) is 0 Å². The molecule has 1 saturated carbocycles. The third-order valence-corrected chi connectivity index (χ3v) is 4.92. The highest BCUT2D eigenvalue weighted by Gasteiger charge is 2.56. The number of allylic oxidation sites excluding steroid dienone is 1. The third kappa shape index (κ3) is 2.25. The van der Waals surface area contributed by atoms with E-state index in [0.717, 1.165) is 25.7 Å². The van der Waals surface area contributed by atoms with Crippen LogP contribution in [0.25, 0.3) is 0 Å². The molecule has 2 fully saturated rings. The zero-order valence-corrected chi connectivity index (χ0v) is 13.1. The van der Waals surface area contributed by atoms with Crippen LogP contribution in [-0.4, -0.2) is 34.3 Å². The van der Waals surface area contributed by atoms with Crippen LogP contribution in [0.2, 0.25) is 0 Å². The molecule has 4 heteroatoms. The van der Waals surface area contributed by atoms with Gasteiger partial charge in [-0.3, -0.25) is 9.59 Å². The molecule has 2 aliphatic rings. The van der Waals surface area contributed by atoms with Gasteiger partial charge in [-0.15, -0.1) is 0 Å². The van der Waals surface area contributed by atoms with Crippen molar-refractivity contribution in [2.24, 2.45) is 0 Å². The van der Waals surface area contributed by atoms with Crippen molar-refractivity contribution in [2.75, 3.05) is 6.54 Å². The highest BCUT2D eigenvalue weighted by atomic mass is 16.2. The number of piperazine rings is 1. The number of rotatable bonds is 3. The molecule has 0 radical (unpaired) electrons. The fourth-order valence-corrected chi connectivity index (χ4v) is 3.24. The molecule has 0 aromatic heterocycles. The Balaban J connectivity index is 2.36. The zero-order chi connectivity index (χ0) is 15.0. The predicted molar refractivity (Wildman–Crippen MR) is 79.2 cm³/mol. The maximum Gasteiger partial charge on any atom is 0.249 e. The molecule has 1 unspecified atom stereocenters. The number of amides is 2. The summed E-state index contributed by atoms with van der Waals surface area (Å²) in [5.74, 6) is 0.111. The van der Waals surface area contributed by atoms with E-state index in [9.17, 15) is 9.59 Å². The minimum absolute atomic E-state index is 0.00339. The number of hydrogen-bond donors (Lipinski definition) is 1. The van der Waals surface area contributed by atoms with Crippen LogP contribution in [0.4, 0.5) is 0 Å².